The van der Waals surface area contributed by atoms with Crippen molar-refractivity contribution in [1.82, 2.24) is 0 Å². The number of rotatable bonds is 4. The van der Waals surface area contributed by atoms with Crippen LogP contribution in [0.15, 0.2) is 24.3 Å². The highest BCUT2D eigenvalue weighted by Gasteiger charge is 2.30. The third-order valence-electron chi connectivity index (χ3n) is 1.74. The number of hydrogen-bond donors (Lipinski definition) is 1. The van der Waals surface area contributed by atoms with Crippen molar-refractivity contribution in [3.05, 3.63) is 24.3 Å². The summed E-state index contributed by atoms with van der Waals surface area (Å²) in [5.74, 6) is -0.523. The first-order valence-electron chi connectivity index (χ1n) is 4.58. The smallest absolute Gasteiger partial charge is 0.406 e. The molecule has 1 N–H and O–H groups in total. The van der Waals surface area contributed by atoms with Crippen molar-refractivity contribution >= 4 is 15.7 Å². The Labute approximate surface area is 96.4 Å². The molecule has 17 heavy (non-hydrogen) atoms. The van der Waals surface area contributed by atoms with Crippen molar-refractivity contribution in [2.75, 3.05) is 10.5 Å². The zero-order valence-corrected chi connectivity index (χ0v) is 9.60. The predicted molar refractivity (Wildman–Crippen MR) is 56.2 cm³/mol. The molecule has 0 fully saturated rings. The molecule has 0 radical (unpaired) electrons. The number of sulfonamides is 1. The highest BCUT2D eigenvalue weighted by molar-refractivity contribution is 7.92. The summed E-state index contributed by atoms with van der Waals surface area (Å²) in [6.07, 6.45) is -4.76. The van der Waals surface area contributed by atoms with Crippen LogP contribution in [0.25, 0.3) is 0 Å². The Hall–Kier alpha value is -1.44. The van der Waals surface area contributed by atoms with E-state index in [1.807, 2.05) is 0 Å². The van der Waals surface area contributed by atoms with E-state index in [-0.39, 0.29) is 11.4 Å². The zero-order chi connectivity index (χ0) is 13.1. The first-order valence-corrected chi connectivity index (χ1v) is 6.23. The van der Waals surface area contributed by atoms with Crippen LogP contribution in [0.5, 0.6) is 5.75 Å². The lowest BCUT2D eigenvalue weighted by atomic mass is 10.3. The number of nitrogens with one attached hydrogen (secondary N) is 1. The largest absolute Gasteiger partial charge is 0.573 e. The summed E-state index contributed by atoms with van der Waals surface area (Å²) in [5.41, 5.74) is 0.182. The van der Waals surface area contributed by atoms with E-state index < -0.39 is 22.1 Å². The summed E-state index contributed by atoms with van der Waals surface area (Å²) >= 11 is 0. The Balaban J connectivity index is 2.76. The van der Waals surface area contributed by atoms with Crippen LogP contribution < -0.4 is 9.46 Å². The Kier molecular flexibility index (Phi) is 3.87. The van der Waals surface area contributed by atoms with Gasteiger partial charge in [0.05, 0.1) is 5.75 Å². The molecule has 0 bridgehead atoms. The Morgan fingerprint density at radius 3 is 2.18 bits per heavy atom. The number of anilines is 1. The van der Waals surface area contributed by atoms with E-state index in [1.165, 1.54) is 19.1 Å². The third-order valence-corrected chi connectivity index (χ3v) is 3.05. The second-order valence-corrected chi connectivity index (χ2v) is 5.09. The van der Waals surface area contributed by atoms with Crippen molar-refractivity contribution in [3.8, 4) is 5.75 Å². The fourth-order valence-corrected chi connectivity index (χ4v) is 1.62. The van der Waals surface area contributed by atoms with E-state index in [0.717, 1.165) is 12.1 Å². The fraction of sp³-hybridized carbons (Fsp3) is 0.333. The Morgan fingerprint density at radius 2 is 1.76 bits per heavy atom. The highest BCUT2D eigenvalue weighted by atomic mass is 32.2. The van der Waals surface area contributed by atoms with E-state index in [4.69, 9.17) is 0 Å². The van der Waals surface area contributed by atoms with Gasteiger partial charge < -0.3 is 4.74 Å². The molecular weight excluding hydrogens is 259 g/mol. The molecule has 0 heterocycles. The molecule has 0 aliphatic rings. The molecule has 0 amide bonds. The standard InChI is InChI=1S/C9H10F3NO3S/c1-2-17(14,15)13-7-3-5-8(6-4-7)16-9(10,11)12/h3-6,13H,2H2,1H3. The first kappa shape index (κ1) is 13.6. The van der Waals surface area contributed by atoms with E-state index >= 15 is 0 Å². The SMILES string of the molecule is CCS(=O)(=O)Nc1ccc(OC(F)(F)F)cc1. The third kappa shape index (κ3) is 4.94. The average Bonchev–Trinajstić information content (AvgIpc) is 2.19. The number of hydrogen-bond acceptors (Lipinski definition) is 3. The van der Waals surface area contributed by atoms with Crippen LogP contribution in [0.2, 0.25) is 0 Å². The van der Waals surface area contributed by atoms with Crippen molar-refractivity contribution in [2.24, 2.45) is 0 Å². The molecule has 0 aliphatic heterocycles. The molecule has 1 rings (SSSR count). The molecule has 0 aromatic heterocycles. The van der Waals surface area contributed by atoms with Crippen molar-refractivity contribution in [2.45, 2.75) is 13.3 Å². The normalized spacial score (nSPS) is 12.2. The Morgan fingerprint density at radius 1 is 1.24 bits per heavy atom. The molecule has 1 aromatic carbocycles. The summed E-state index contributed by atoms with van der Waals surface area (Å²) < 4.78 is 63.7. The van der Waals surface area contributed by atoms with E-state index in [2.05, 4.69) is 9.46 Å². The number of alkyl halides is 3. The number of benzene rings is 1. The van der Waals surface area contributed by atoms with Gasteiger partial charge in [-0.2, -0.15) is 0 Å². The monoisotopic (exact) mass is 269 g/mol. The van der Waals surface area contributed by atoms with Gasteiger partial charge in [0.2, 0.25) is 10.0 Å². The maximum absolute atomic E-state index is 11.8. The summed E-state index contributed by atoms with van der Waals surface area (Å²) in [5, 5.41) is 0. The maximum Gasteiger partial charge on any atom is 0.573 e. The molecule has 0 unspecified atom stereocenters. The molecule has 0 spiro atoms. The van der Waals surface area contributed by atoms with Gasteiger partial charge in [-0.3, -0.25) is 4.72 Å². The fourth-order valence-electron chi connectivity index (χ4n) is 0.976. The van der Waals surface area contributed by atoms with Crippen LogP contribution in [0, 0.1) is 0 Å². The van der Waals surface area contributed by atoms with Gasteiger partial charge in [0.15, 0.2) is 0 Å². The minimum Gasteiger partial charge on any atom is -0.406 e. The second-order valence-electron chi connectivity index (χ2n) is 3.08. The molecule has 1 aromatic rings. The molecule has 96 valence electrons. The maximum atomic E-state index is 11.8. The minimum atomic E-state index is -4.76. The Bertz CT molecular complexity index is 467. The highest BCUT2D eigenvalue weighted by Crippen LogP contribution is 2.24. The summed E-state index contributed by atoms with van der Waals surface area (Å²) in [7, 11) is -3.43. The van der Waals surface area contributed by atoms with Crippen LogP contribution in [0.3, 0.4) is 0 Å². The first-order chi connectivity index (χ1) is 7.72. The molecule has 0 aliphatic carbocycles. The molecule has 0 saturated heterocycles. The van der Waals surface area contributed by atoms with Gasteiger partial charge in [0, 0.05) is 5.69 Å². The van der Waals surface area contributed by atoms with Gasteiger partial charge in [-0.05, 0) is 31.2 Å². The van der Waals surface area contributed by atoms with Crippen molar-refractivity contribution in [3.63, 3.8) is 0 Å². The van der Waals surface area contributed by atoms with Crippen LogP contribution in [-0.4, -0.2) is 20.5 Å². The van der Waals surface area contributed by atoms with Gasteiger partial charge in [0.1, 0.15) is 5.75 Å². The topological polar surface area (TPSA) is 55.4 Å². The van der Waals surface area contributed by atoms with E-state index in [9.17, 15) is 21.6 Å². The van der Waals surface area contributed by atoms with E-state index in [1.54, 1.807) is 0 Å². The molecule has 4 nitrogen and oxygen atoms in total. The van der Waals surface area contributed by atoms with E-state index in [0.29, 0.717) is 0 Å². The van der Waals surface area contributed by atoms with Gasteiger partial charge in [-0.25, -0.2) is 8.42 Å². The van der Waals surface area contributed by atoms with Gasteiger partial charge in [0.25, 0.3) is 0 Å². The lowest BCUT2D eigenvalue weighted by Crippen LogP contribution is -2.17. The number of ether oxygens (including phenoxy) is 1. The van der Waals surface area contributed by atoms with Crippen LogP contribution in [0.1, 0.15) is 6.92 Å². The molecule has 0 saturated carbocycles. The van der Waals surface area contributed by atoms with Crippen LogP contribution in [0.4, 0.5) is 18.9 Å². The zero-order valence-electron chi connectivity index (χ0n) is 8.78. The van der Waals surface area contributed by atoms with Crippen LogP contribution >= 0.6 is 0 Å². The summed E-state index contributed by atoms with van der Waals surface area (Å²) in [4.78, 5) is 0. The minimum absolute atomic E-state index is 0.117. The lowest BCUT2D eigenvalue weighted by molar-refractivity contribution is -0.274. The van der Waals surface area contributed by atoms with Gasteiger partial charge >= 0.3 is 6.36 Å². The van der Waals surface area contributed by atoms with Crippen molar-refractivity contribution in [1.29, 1.82) is 0 Å². The quantitative estimate of drug-likeness (QED) is 0.912. The predicted octanol–water partition coefficient (Wildman–Crippen LogP) is 2.35. The summed E-state index contributed by atoms with van der Waals surface area (Å²) in [6.45, 7) is 1.45. The molecule has 0 atom stereocenters. The lowest BCUT2D eigenvalue weighted by Gasteiger charge is -2.10. The summed E-state index contributed by atoms with van der Waals surface area (Å²) in [6, 6.07) is 4.44. The molecular formula is C9H10F3NO3S. The average molecular weight is 269 g/mol. The van der Waals surface area contributed by atoms with Gasteiger partial charge in [-0.15, -0.1) is 13.2 Å². The number of halogens is 3. The molecule has 8 heteroatoms. The van der Waals surface area contributed by atoms with Gasteiger partial charge in [-0.1, -0.05) is 0 Å². The second kappa shape index (κ2) is 4.82. The van der Waals surface area contributed by atoms with Crippen LogP contribution in [-0.2, 0) is 10.0 Å². The van der Waals surface area contributed by atoms with Crippen molar-refractivity contribution < 1.29 is 26.3 Å².